The van der Waals surface area contributed by atoms with E-state index in [9.17, 15) is 0 Å². The molecule has 0 radical (unpaired) electrons. The third-order valence-electron chi connectivity index (χ3n) is 1.26. The zero-order chi connectivity index (χ0) is 6.69. The SMILES string of the molecule is C=CC1=C(C=C)NCN1. The van der Waals surface area contributed by atoms with E-state index in [1.807, 2.05) is 0 Å². The largest absolute Gasteiger partial charge is 0.366 e. The molecule has 0 aliphatic carbocycles. The van der Waals surface area contributed by atoms with Crippen molar-refractivity contribution >= 4 is 0 Å². The predicted octanol–water partition coefficient (Wildman–Crippen LogP) is 0.720. The topological polar surface area (TPSA) is 24.1 Å². The van der Waals surface area contributed by atoms with Crippen molar-refractivity contribution in [2.45, 2.75) is 0 Å². The Morgan fingerprint density at radius 2 is 1.56 bits per heavy atom. The Kier molecular flexibility index (Phi) is 1.58. The van der Waals surface area contributed by atoms with Crippen molar-refractivity contribution in [3.8, 4) is 0 Å². The lowest BCUT2D eigenvalue weighted by atomic mass is 10.3. The van der Waals surface area contributed by atoms with Crippen LogP contribution in [-0.4, -0.2) is 6.67 Å². The molecule has 0 saturated carbocycles. The van der Waals surface area contributed by atoms with Gasteiger partial charge in [-0.3, -0.25) is 0 Å². The maximum atomic E-state index is 3.63. The molecule has 0 amide bonds. The highest BCUT2D eigenvalue weighted by Gasteiger charge is 2.04. The number of nitrogens with one attached hydrogen (secondary N) is 2. The van der Waals surface area contributed by atoms with E-state index < -0.39 is 0 Å². The molecule has 1 aliphatic heterocycles. The summed E-state index contributed by atoms with van der Waals surface area (Å²) in [5.74, 6) is 0. The molecule has 0 aromatic heterocycles. The van der Waals surface area contributed by atoms with Gasteiger partial charge in [0.2, 0.25) is 0 Å². The maximum Gasteiger partial charge on any atom is 0.0850 e. The Balaban J connectivity index is 2.81. The van der Waals surface area contributed by atoms with Crippen molar-refractivity contribution in [3.05, 3.63) is 36.7 Å². The van der Waals surface area contributed by atoms with Crippen molar-refractivity contribution in [1.29, 1.82) is 0 Å². The Labute approximate surface area is 55.0 Å². The summed E-state index contributed by atoms with van der Waals surface area (Å²) in [6.45, 7) is 8.05. The summed E-state index contributed by atoms with van der Waals surface area (Å²) in [5, 5.41) is 6.17. The smallest absolute Gasteiger partial charge is 0.0850 e. The van der Waals surface area contributed by atoms with Crippen LogP contribution < -0.4 is 10.6 Å². The van der Waals surface area contributed by atoms with Crippen LogP contribution in [0.4, 0.5) is 0 Å². The van der Waals surface area contributed by atoms with Crippen molar-refractivity contribution < 1.29 is 0 Å². The molecule has 2 heteroatoms. The molecule has 0 bridgehead atoms. The molecule has 48 valence electrons. The third-order valence-corrected chi connectivity index (χ3v) is 1.26. The monoisotopic (exact) mass is 122 g/mol. The Morgan fingerprint density at radius 3 is 1.89 bits per heavy atom. The van der Waals surface area contributed by atoms with Crippen LogP contribution >= 0.6 is 0 Å². The highest BCUT2D eigenvalue weighted by molar-refractivity contribution is 5.31. The maximum absolute atomic E-state index is 3.63. The number of hydrogen-bond acceptors (Lipinski definition) is 2. The van der Waals surface area contributed by atoms with Gasteiger partial charge in [-0.15, -0.1) is 0 Å². The summed E-state index contributed by atoms with van der Waals surface area (Å²) >= 11 is 0. The minimum atomic E-state index is 0.780. The van der Waals surface area contributed by atoms with Gasteiger partial charge in [0.15, 0.2) is 0 Å². The van der Waals surface area contributed by atoms with Crippen molar-refractivity contribution in [2.24, 2.45) is 0 Å². The quantitative estimate of drug-likeness (QED) is 0.564. The summed E-state index contributed by atoms with van der Waals surface area (Å²) in [6.07, 6.45) is 3.55. The van der Waals surface area contributed by atoms with Crippen LogP contribution in [0, 0.1) is 0 Å². The third kappa shape index (κ3) is 0.964. The van der Waals surface area contributed by atoms with Crippen LogP contribution in [0.25, 0.3) is 0 Å². The molecule has 1 rings (SSSR count). The molecule has 0 spiro atoms. The lowest BCUT2D eigenvalue weighted by Gasteiger charge is -1.92. The van der Waals surface area contributed by atoms with E-state index in [0.717, 1.165) is 18.1 Å². The molecule has 0 saturated heterocycles. The van der Waals surface area contributed by atoms with Crippen LogP contribution in [0.15, 0.2) is 36.7 Å². The molecule has 0 unspecified atom stereocenters. The summed E-state index contributed by atoms with van der Waals surface area (Å²) in [5.41, 5.74) is 2.06. The molecule has 0 atom stereocenters. The minimum Gasteiger partial charge on any atom is -0.366 e. The summed E-state index contributed by atoms with van der Waals surface area (Å²) in [6, 6.07) is 0. The Morgan fingerprint density at radius 1 is 1.11 bits per heavy atom. The molecule has 2 nitrogen and oxygen atoms in total. The van der Waals surface area contributed by atoms with Gasteiger partial charge >= 0.3 is 0 Å². The molecular weight excluding hydrogens is 112 g/mol. The van der Waals surface area contributed by atoms with Gasteiger partial charge in [-0.05, 0) is 12.2 Å². The van der Waals surface area contributed by atoms with Crippen LogP contribution in [-0.2, 0) is 0 Å². The van der Waals surface area contributed by atoms with Crippen LogP contribution in [0.2, 0.25) is 0 Å². The lowest BCUT2D eigenvalue weighted by molar-refractivity contribution is 0.812. The van der Waals surface area contributed by atoms with Gasteiger partial charge < -0.3 is 10.6 Å². The van der Waals surface area contributed by atoms with E-state index in [1.54, 1.807) is 12.2 Å². The standard InChI is InChI=1S/C7H10N2/c1-3-6-7(4-2)9-5-8-6/h3-4,8-9H,1-2,5H2. The molecule has 1 aliphatic rings. The highest BCUT2D eigenvalue weighted by atomic mass is 15.1. The van der Waals surface area contributed by atoms with Crippen molar-refractivity contribution in [1.82, 2.24) is 10.6 Å². The predicted molar refractivity (Wildman–Crippen MR) is 38.6 cm³/mol. The molecular formula is C7H10N2. The second-order valence-corrected chi connectivity index (χ2v) is 1.77. The summed E-state index contributed by atoms with van der Waals surface area (Å²) in [7, 11) is 0. The van der Waals surface area contributed by atoms with E-state index in [1.165, 1.54) is 0 Å². The van der Waals surface area contributed by atoms with Crippen molar-refractivity contribution in [3.63, 3.8) is 0 Å². The molecule has 0 aromatic rings. The number of hydrogen-bond donors (Lipinski definition) is 2. The fourth-order valence-electron chi connectivity index (χ4n) is 0.789. The fourth-order valence-corrected chi connectivity index (χ4v) is 0.789. The first-order chi connectivity index (χ1) is 4.38. The molecule has 1 heterocycles. The van der Waals surface area contributed by atoms with Gasteiger partial charge in [-0.1, -0.05) is 13.2 Å². The Bertz CT molecular complexity index is 150. The van der Waals surface area contributed by atoms with E-state index in [0.29, 0.717) is 0 Å². The highest BCUT2D eigenvalue weighted by Crippen LogP contribution is 2.03. The first-order valence-corrected chi connectivity index (χ1v) is 2.85. The molecule has 9 heavy (non-hydrogen) atoms. The van der Waals surface area contributed by atoms with Gasteiger partial charge in [-0.25, -0.2) is 0 Å². The van der Waals surface area contributed by atoms with Crippen LogP contribution in [0.1, 0.15) is 0 Å². The van der Waals surface area contributed by atoms with Crippen LogP contribution in [0.3, 0.4) is 0 Å². The van der Waals surface area contributed by atoms with E-state index in [4.69, 9.17) is 0 Å². The van der Waals surface area contributed by atoms with Gasteiger partial charge in [0.05, 0.1) is 18.1 Å². The van der Waals surface area contributed by atoms with E-state index >= 15 is 0 Å². The first-order valence-electron chi connectivity index (χ1n) is 2.85. The average molecular weight is 122 g/mol. The second-order valence-electron chi connectivity index (χ2n) is 1.77. The minimum absolute atomic E-state index is 0.780. The fraction of sp³-hybridized carbons (Fsp3) is 0.143. The summed E-state index contributed by atoms with van der Waals surface area (Å²) < 4.78 is 0. The molecule has 2 N–H and O–H groups in total. The van der Waals surface area contributed by atoms with Gasteiger partial charge in [0.1, 0.15) is 0 Å². The van der Waals surface area contributed by atoms with Crippen LogP contribution in [0.5, 0.6) is 0 Å². The lowest BCUT2D eigenvalue weighted by Crippen LogP contribution is -2.14. The Hall–Kier alpha value is -1.18. The average Bonchev–Trinajstić information content (AvgIpc) is 2.33. The number of allylic oxidation sites excluding steroid dienone is 2. The molecule has 0 aromatic carbocycles. The second kappa shape index (κ2) is 2.40. The van der Waals surface area contributed by atoms with Gasteiger partial charge in [0.25, 0.3) is 0 Å². The van der Waals surface area contributed by atoms with Crippen molar-refractivity contribution in [2.75, 3.05) is 6.67 Å². The van der Waals surface area contributed by atoms with E-state index in [-0.39, 0.29) is 0 Å². The van der Waals surface area contributed by atoms with Gasteiger partial charge in [-0.2, -0.15) is 0 Å². The first kappa shape index (κ1) is 5.95. The zero-order valence-corrected chi connectivity index (χ0v) is 5.28. The van der Waals surface area contributed by atoms with E-state index in [2.05, 4.69) is 23.8 Å². The normalized spacial score (nSPS) is 16.4. The molecule has 0 fully saturated rings. The van der Waals surface area contributed by atoms with Gasteiger partial charge in [0, 0.05) is 0 Å². The summed E-state index contributed by atoms with van der Waals surface area (Å²) in [4.78, 5) is 0. The number of rotatable bonds is 2. The zero-order valence-electron chi connectivity index (χ0n) is 5.28.